The molecule has 2 N–H and O–H groups in total. The molecule has 0 bridgehead atoms. The lowest BCUT2D eigenvalue weighted by atomic mass is 10.0. The summed E-state index contributed by atoms with van der Waals surface area (Å²) < 4.78 is 2.09. The summed E-state index contributed by atoms with van der Waals surface area (Å²) in [7, 11) is 0. The van der Waals surface area contributed by atoms with Crippen molar-refractivity contribution < 1.29 is 14.8 Å². The monoisotopic (exact) mass is 293 g/mol. The van der Waals surface area contributed by atoms with Gasteiger partial charge in [-0.15, -0.1) is 0 Å². The number of benzene rings is 1. The van der Waals surface area contributed by atoms with Crippen LogP contribution in [-0.4, -0.2) is 15.2 Å². The molecule has 1 aromatic carbocycles. The second kappa shape index (κ2) is 5.85. The number of hydrogen-bond donors (Lipinski definition) is 2. The Hall–Kier alpha value is -2.88. The summed E-state index contributed by atoms with van der Waals surface area (Å²) in [5, 5.41) is 19.4. The fourth-order valence-electron chi connectivity index (χ4n) is 2.35. The van der Waals surface area contributed by atoms with Crippen LogP contribution in [0.1, 0.15) is 6.92 Å². The van der Waals surface area contributed by atoms with Crippen LogP contribution in [0.5, 0.6) is 11.5 Å². The highest BCUT2D eigenvalue weighted by Crippen LogP contribution is 2.32. The van der Waals surface area contributed by atoms with Crippen LogP contribution in [0.2, 0.25) is 0 Å². The van der Waals surface area contributed by atoms with Gasteiger partial charge < -0.3 is 10.2 Å². The van der Waals surface area contributed by atoms with Crippen molar-refractivity contribution in [1.82, 2.24) is 4.98 Å². The topological polar surface area (TPSA) is 57.2 Å². The molecule has 3 aromatic rings. The van der Waals surface area contributed by atoms with Gasteiger partial charge in [-0.2, -0.15) is 0 Å². The van der Waals surface area contributed by atoms with Gasteiger partial charge in [0.2, 0.25) is 0 Å². The molecule has 0 aliphatic rings. The van der Waals surface area contributed by atoms with Crippen molar-refractivity contribution in [2.45, 2.75) is 13.5 Å². The number of phenols is 2. The Kier molecular flexibility index (Phi) is 3.74. The van der Waals surface area contributed by atoms with Gasteiger partial charge in [-0.3, -0.25) is 4.98 Å². The lowest BCUT2D eigenvalue weighted by molar-refractivity contribution is -0.693. The minimum absolute atomic E-state index is 0.0153. The van der Waals surface area contributed by atoms with Crippen molar-refractivity contribution in [3.05, 3.63) is 61.1 Å². The fourth-order valence-corrected chi connectivity index (χ4v) is 2.35. The first-order valence-electron chi connectivity index (χ1n) is 7.15. The molecule has 4 heteroatoms. The number of nitrogens with zero attached hydrogens (tertiary/aromatic N) is 2. The van der Waals surface area contributed by atoms with Crippen LogP contribution in [0.3, 0.4) is 0 Å². The van der Waals surface area contributed by atoms with E-state index in [1.165, 1.54) is 12.1 Å². The average Bonchev–Trinajstić information content (AvgIpc) is 2.55. The van der Waals surface area contributed by atoms with Crippen LogP contribution in [0, 0.1) is 0 Å². The molecule has 0 spiro atoms. The van der Waals surface area contributed by atoms with E-state index in [9.17, 15) is 10.2 Å². The molecule has 2 heterocycles. The van der Waals surface area contributed by atoms with E-state index in [1.807, 2.05) is 24.5 Å². The summed E-state index contributed by atoms with van der Waals surface area (Å²) >= 11 is 0. The van der Waals surface area contributed by atoms with E-state index in [0.29, 0.717) is 11.3 Å². The maximum atomic E-state index is 9.97. The van der Waals surface area contributed by atoms with Gasteiger partial charge in [-0.25, -0.2) is 4.57 Å². The fraction of sp³-hybridized carbons (Fsp3) is 0.111. The van der Waals surface area contributed by atoms with Crippen LogP contribution in [0.15, 0.2) is 61.1 Å². The quantitative estimate of drug-likeness (QED) is 0.729. The van der Waals surface area contributed by atoms with E-state index in [2.05, 4.69) is 28.6 Å². The van der Waals surface area contributed by atoms with Gasteiger partial charge in [0, 0.05) is 30.0 Å². The van der Waals surface area contributed by atoms with Crippen molar-refractivity contribution in [3.63, 3.8) is 0 Å². The first-order valence-corrected chi connectivity index (χ1v) is 7.15. The summed E-state index contributed by atoms with van der Waals surface area (Å²) in [6.45, 7) is 3.03. The van der Waals surface area contributed by atoms with Gasteiger partial charge in [0.15, 0.2) is 12.4 Å². The summed E-state index contributed by atoms with van der Waals surface area (Å²) in [4.78, 5) is 4.31. The first kappa shape index (κ1) is 14.1. The predicted molar refractivity (Wildman–Crippen MR) is 84.3 cm³/mol. The van der Waals surface area contributed by atoms with E-state index < -0.39 is 0 Å². The van der Waals surface area contributed by atoms with E-state index in [4.69, 9.17) is 0 Å². The molecule has 0 radical (unpaired) electrons. The molecule has 0 fully saturated rings. The highest BCUT2D eigenvalue weighted by molar-refractivity contribution is 5.73. The molecule has 110 valence electrons. The number of phenolic OH excluding ortho intramolecular Hbond substituents is 2. The van der Waals surface area contributed by atoms with Gasteiger partial charge >= 0.3 is 0 Å². The normalized spacial score (nSPS) is 10.6. The Morgan fingerprint density at radius 3 is 2.41 bits per heavy atom. The Labute approximate surface area is 129 Å². The Balaban J connectivity index is 2.01. The van der Waals surface area contributed by atoms with Crippen LogP contribution in [0.25, 0.3) is 22.4 Å². The third-order valence-electron chi connectivity index (χ3n) is 3.61. The van der Waals surface area contributed by atoms with Gasteiger partial charge in [0.25, 0.3) is 0 Å². The third kappa shape index (κ3) is 2.76. The Morgan fingerprint density at radius 2 is 1.73 bits per heavy atom. The molecule has 0 saturated carbocycles. The second-order valence-corrected chi connectivity index (χ2v) is 5.05. The Morgan fingerprint density at radius 1 is 0.955 bits per heavy atom. The van der Waals surface area contributed by atoms with Crippen molar-refractivity contribution in [2.75, 3.05) is 0 Å². The maximum Gasteiger partial charge on any atom is 0.169 e. The molecule has 0 amide bonds. The SMILES string of the molecule is CC[n+]1ccc(-c2ccnc(-c3ccc(O)cc3O)c2)cc1. The number of rotatable bonds is 3. The maximum absolute atomic E-state index is 9.97. The lowest BCUT2D eigenvalue weighted by Crippen LogP contribution is -2.30. The standard InChI is InChI=1S/C18H16N2O2/c1-2-20-9-6-13(7-10-20)14-5-8-19-17(11-14)16-4-3-15(21)12-18(16)22/h3-12H,2H2,1H3,(H-,19,21,22)/p+1. The second-order valence-electron chi connectivity index (χ2n) is 5.05. The predicted octanol–water partition coefficient (Wildman–Crippen LogP) is 3.13. The molecular weight excluding hydrogens is 276 g/mol. The largest absolute Gasteiger partial charge is 0.508 e. The molecule has 2 aromatic heterocycles. The van der Waals surface area contributed by atoms with Gasteiger partial charge in [-0.05, 0) is 42.3 Å². The molecule has 4 nitrogen and oxygen atoms in total. The molecule has 0 aliphatic heterocycles. The molecular formula is C18H17N2O2+. The number of hydrogen-bond acceptors (Lipinski definition) is 3. The van der Waals surface area contributed by atoms with E-state index in [1.54, 1.807) is 12.3 Å². The number of aromatic hydroxyl groups is 2. The summed E-state index contributed by atoms with van der Waals surface area (Å²) in [6.07, 6.45) is 5.79. The zero-order valence-corrected chi connectivity index (χ0v) is 12.3. The van der Waals surface area contributed by atoms with Crippen molar-refractivity contribution >= 4 is 0 Å². The number of aromatic nitrogens is 2. The van der Waals surface area contributed by atoms with Crippen molar-refractivity contribution in [2.24, 2.45) is 0 Å². The van der Waals surface area contributed by atoms with Crippen LogP contribution in [-0.2, 0) is 6.54 Å². The highest BCUT2D eigenvalue weighted by Gasteiger charge is 2.09. The highest BCUT2D eigenvalue weighted by atomic mass is 16.3. The zero-order valence-electron chi connectivity index (χ0n) is 12.3. The first-order chi connectivity index (χ1) is 10.7. The van der Waals surface area contributed by atoms with E-state index >= 15 is 0 Å². The molecule has 3 rings (SSSR count). The molecule has 0 unspecified atom stereocenters. The van der Waals surface area contributed by atoms with Gasteiger partial charge in [0.1, 0.15) is 18.0 Å². The summed E-state index contributed by atoms with van der Waals surface area (Å²) in [5.74, 6) is 0.0473. The molecule has 0 saturated heterocycles. The van der Waals surface area contributed by atoms with Crippen LogP contribution < -0.4 is 4.57 Å². The smallest absolute Gasteiger partial charge is 0.169 e. The zero-order chi connectivity index (χ0) is 15.5. The van der Waals surface area contributed by atoms with E-state index in [0.717, 1.165) is 17.7 Å². The van der Waals surface area contributed by atoms with Crippen LogP contribution >= 0.6 is 0 Å². The molecule has 0 aliphatic carbocycles. The van der Waals surface area contributed by atoms with Crippen molar-refractivity contribution in [3.8, 4) is 33.9 Å². The number of aryl methyl sites for hydroxylation is 1. The average molecular weight is 293 g/mol. The van der Waals surface area contributed by atoms with Gasteiger partial charge in [0.05, 0.1) is 5.69 Å². The third-order valence-corrected chi connectivity index (χ3v) is 3.61. The molecule has 0 atom stereocenters. The minimum Gasteiger partial charge on any atom is -0.508 e. The van der Waals surface area contributed by atoms with E-state index in [-0.39, 0.29) is 11.5 Å². The Bertz CT molecular complexity index is 798. The summed E-state index contributed by atoms with van der Waals surface area (Å²) in [5.41, 5.74) is 3.38. The minimum atomic E-state index is 0.0153. The van der Waals surface area contributed by atoms with Crippen molar-refractivity contribution in [1.29, 1.82) is 0 Å². The molecule has 22 heavy (non-hydrogen) atoms. The number of pyridine rings is 2. The van der Waals surface area contributed by atoms with Crippen LogP contribution in [0.4, 0.5) is 0 Å². The summed E-state index contributed by atoms with van der Waals surface area (Å²) in [6, 6.07) is 12.5. The lowest BCUT2D eigenvalue weighted by Gasteiger charge is -2.07. The van der Waals surface area contributed by atoms with Gasteiger partial charge in [-0.1, -0.05) is 0 Å².